The van der Waals surface area contributed by atoms with Gasteiger partial charge in [-0.2, -0.15) is 0 Å². The minimum atomic E-state index is 0.491. The van der Waals surface area contributed by atoms with E-state index < -0.39 is 0 Å². The van der Waals surface area contributed by atoms with Crippen LogP contribution >= 0.6 is 11.6 Å². The van der Waals surface area contributed by atoms with E-state index in [0.717, 1.165) is 17.4 Å². The molecule has 0 aliphatic heterocycles. The molecule has 1 aliphatic carbocycles. The third kappa shape index (κ3) is 3.87. The molecule has 1 unspecified atom stereocenters. The Morgan fingerprint density at radius 1 is 1.10 bits per heavy atom. The van der Waals surface area contributed by atoms with Crippen LogP contribution in [0.3, 0.4) is 0 Å². The van der Waals surface area contributed by atoms with E-state index in [9.17, 15) is 0 Å². The van der Waals surface area contributed by atoms with Crippen molar-refractivity contribution in [3.8, 4) is 0 Å². The Bertz CT molecular complexity index is 575. The third-order valence-electron chi connectivity index (χ3n) is 4.36. The topological polar surface area (TPSA) is 12.0 Å². The zero-order valence-electron chi connectivity index (χ0n) is 12.4. The maximum atomic E-state index is 6.04. The highest BCUT2D eigenvalue weighted by atomic mass is 35.5. The largest absolute Gasteiger partial charge is 0.311 e. The standard InChI is InChI=1S/C19H22ClN/c1-14(10-15-6-5-9-18(20)11-15)21-19-12-17(13-19)16-7-3-2-4-8-16/h2-9,11,14,17,19,21H,10,12-13H2,1H3. The molecule has 0 saturated heterocycles. The molecule has 1 atom stereocenters. The third-order valence-corrected chi connectivity index (χ3v) is 4.60. The van der Waals surface area contributed by atoms with Gasteiger partial charge in [0.2, 0.25) is 0 Å². The summed E-state index contributed by atoms with van der Waals surface area (Å²) in [5.41, 5.74) is 2.79. The normalized spacial score (nSPS) is 22.6. The summed E-state index contributed by atoms with van der Waals surface area (Å²) in [7, 11) is 0. The summed E-state index contributed by atoms with van der Waals surface area (Å²) in [5.74, 6) is 0.738. The second-order valence-corrected chi connectivity index (χ2v) is 6.61. The zero-order chi connectivity index (χ0) is 14.7. The molecule has 21 heavy (non-hydrogen) atoms. The van der Waals surface area contributed by atoms with Crippen LogP contribution in [0.1, 0.15) is 36.8 Å². The smallest absolute Gasteiger partial charge is 0.0408 e. The fourth-order valence-corrected chi connectivity index (χ4v) is 3.44. The number of hydrogen-bond donors (Lipinski definition) is 1. The van der Waals surface area contributed by atoms with Crippen molar-refractivity contribution >= 4 is 11.6 Å². The molecule has 3 rings (SSSR count). The van der Waals surface area contributed by atoms with Gasteiger partial charge in [-0.3, -0.25) is 0 Å². The number of halogens is 1. The van der Waals surface area contributed by atoms with Gasteiger partial charge in [-0.05, 0) is 55.4 Å². The Balaban J connectivity index is 1.46. The summed E-state index contributed by atoms with van der Waals surface area (Å²) in [5, 5.41) is 4.57. The minimum Gasteiger partial charge on any atom is -0.311 e. The Labute approximate surface area is 132 Å². The second kappa shape index (κ2) is 6.64. The van der Waals surface area contributed by atoms with Gasteiger partial charge < -0.3 is 5.32 Å². The first-order valence-corrected chi connectivity index (χ1v) is 8.14. The highest BCUT2D eigenvalue weighted by Crippen LogP contribution is 2.36. The lowest BCUT2D eigenvalue weighted by Crippen LogP contribution is -2.45. The van der Waals surface area contributed by atoms with Gasteiger partial charge in [-0.25, -0.2) is 0 Å². The minimum absolute atomic E-state index is 0.491. The van der Waals surface area contributed by atoms with Crippen LogP contribution in [0.4, 0.5) is 0 Å². The number of benzene rings is 2. The van der Waals surface area contributed by atoms with Crippen LogP contribution in [0, 0.1) is 0 Å². The van der Waals surface area contributed by atoms with E-state index in [4.69, 9.17) is 11.6 Å². The van der Waals surface area contributed by atoms with Crippen molar-refractivity contribution < 1.29 is 0 Å². The molecular weight excluding hydrogens is 278 g/mol. The molecule has 0 heterocycles. The van der Waals surface area contributed by atoms with E-state index in [-0.39, 0.29) is 0 Å². The average molecular weight is 300 g/mol. The second-order valence-electron chi connectivity index (χ2n) is 6.18. The van der Waals surface area contributed by atoms with Crippen LogP contribution in [0.15, 0.2) is 54.6 Å². The van der Waals surface area contributed by atoms with Crippen LogP contribution in [-0.2, 0) is 6.42 Å². The molecule has 2 heteroatoms. The fourth-order valence-electron chi connectivity index (χ4n) is 3.23. The van der Waals surface area contributed by atoms with Crippen LogP contribution in [-0.4, -0.2) is 12.1 Å². The summed E-state index contributed by atoms with van der Waals surface area (Å²) in [6, 6.07) is 20.2. The van der Waals surface area contributed by atoms with E-state index >= 15 is 0 Å². The Kier molecular flexibility index (Phi) is 4.62. The Hall–Kier alpha value is -1.31. The Morgan fingerprint density at radius 2 is 1.86 bits per heavy atom. The zero-order valence-corrected chi connectivity index (χ0v) is 13.2. The monoisotopic (exact) mass is 299 g/mol. The molecule has 1 nitrogen and oxygen atoms in total. The first kappa shape index (κ1) is 14.6. The lowest BCUT2D eigenvalue weighted by atomic mass is 9.75. The van der Waals surface area contributed by atoms with Crippen molar-refractivity contribution in [2.45, 2.75) is 44.2 Å². The van der Waals surface area contributed by atoms with E-state index in [1.807, 2.05) is 12.1 Å². The van der Waals surface area contributed by atoms with Crippen molar-refractivity contribution in [1.29, 1.82) is 0 Å². The molecule has 1 fully saturated rings. The molecule has 1 aliphatic rings. The van der Waals surface area contributed by atoms with Crippen molar-refractivity contribution in [2.24, 2.45) is 0 Å². The summed E-state index contributed by atoms with van der Waals surface area (Å²) in [6.45, 7) is 2.26. The van der Waals surface area contributed by atoms with Crippen molar-refractivity contribution in [2.75, 3.05) is 0 Å². The highest BCUT2D eigenvalue weighted by Gasteiger charge is 2.30. The number of nitrogens with one attached hydrogen (secondary N) is 1. The lowest BCUT2D eigenvalue weighted by Gasteiger charge is -2.38. The van der Waals surface area contributed by atoms with Crippen LogP contribution in [0.25, 0.3) is 0 Å². The summed E-state index contributed by atoms with van der Waals surface area (Å²) >= 11 is 6.04. The summed E-state index contributed by atoms with van der Waals surface area (Å²) in [4.78, 5) is 0. The maximum Gasteiger partial charge on any atom is 0.0408 e. The predicted molar refractivity (Wildman–Crippen MR) is 90.0 cm³/mol. The highest BCUT2D eigenvalue weighted by molar-refractivity contribution is 6.30. The average Bonchev–Trinajstić information content (AvgIpc) is 2.43. The van der Waals surface area contributed by atoms with E-state index in [2.05, 4.69) is 54.7 Å². The van der Waals surface area contributed by atoms with Crippen molar-refractivity contribution in [1.82, 2.24) is 5.32 Å². The van der Waals surface area contributed by atoms with Crippen LogP contribution < -0.4 is 5.32 Å². The molecule has 0 radical (unpaired) electrons. The van der Waals surface area contributed by atoms with Crippen molar-refractivity contribution in [3.05, 3.63) is 70.7 Å². The number of hydrogen-bond acceptors (Lipinski definition) is 1. The van der Waals surface area contributed by atoms with Crippen molar-refractivity contribution in [3.63, 3.8) is 0 Å². The predicted octanol–water partition coefficient (Wildman–Crippen LogP) is 4.81. The molecule has 1 saturated carbocycles. The van der Waals surface area contributed by atoms with Crippen LogP contribution in [0.5, 0.6) is 0 Å². The van der Waals surface area contributed by atoms with Gasteiger partial charge >= 0.3 is 0 Å². The summed E-state index contributed by atoms with van der Waals surface area (Å²) in [6.07, 6.45) is 3.54. The molecular formula is C19H22ClN. The van der Waals surface area contributed by atoms with Crippen LogP contribution in [0.2, 0.25) is 5.02 Å². The molecule has 0 spiro atoms. The Morgan fingerprint density at radius 3 is 2.57 bits per heavy atom. The quantitative estimate of drug-likeness (QED) is 0.835. The molecule has 0 bridgehead atoms. The first-order chi connectivity index (χ1) is 10.2. The van der Waals surface area contributed by atoms with E-state index in [1.165, 1.54) is 24.0 Å². The van der Waals surface area contributed by atoms with Gasteiger partial charge in [-0.1, -0.05) is 54.1 Å². The summed E-state index contributed by atoms with van der Waals surface area (Å²) < 4.78 is 0. The molecule has 1 N–H and O–H groups in total. The van der Waals surface area contributed by atoms with Gasteiger partial charge in [0, 0.05) is 17.1 Å². The molecule has 2 aromatic carbocycles. The van der Waals surface area contributed by atoms with Gasteiger partial charge in [0.25, 0.3) is 0 Å². The fraction of sp³-hybridized carbons (Fsp3) is 0.368. The first-order valence-electron chi connectivity index (χ1n) is 7.76. The number of rotatable bonds is 5. The molecule has 0 aromatic heterocycles. The molecule has 2 aromatic rings. The van der Waals surface area contributed by atoms with Gasteiger partial charge in [0.1, 0.15) is 0 Å². The SMILES string of the molecule is CC(Cc1cccc(Cl)c1)NC1CC(c2ccccc2)C1. The van der Waals surface area contributed by atoms with Gasteiger partial charge in [0.15, 0.2) is 0 Å². The van der Waals surface area contributed by atoms with Gasteiger partial charge in [0.05, 0.1) is 0 Å². The lowest BCUT2D eigenvalue weighted by molar-refractivity contribution is 0.269. The maximum absolute atomic E-state index is 6.04. The van der Waals surface area contributed by atoms with E-state index in [1.54, 1.807) is 0 Å². The van der Waals surface area contributed by atoms with E-state index in [0.29, 0.717) is 12.1 Å². The molecule has 110 valence electrons. The molecule has 0 amide bonds. The van der Waals surface area contributed by atoms with Gasteiger partial charge in [-0.15, -0.1) is 0 Å².